The maximum absolute atomic E-state index is 11.7. The van der Waals surface area contributed by atoms with Crippen molar-refractivity contribution in [3.8, 4) is 0 Å². The second-order valence-electron chi connectivity index (χ2n) is 3.26. The first-order valence-electron chi connectivity index (χ1n) is 4.76. The van der Waals surface area contributed by atoms with Crippen LogP contribution in [0.3, 0.4) is 0 Å². The number of thioether (sulfide) groups is 1. The molecule has 5 nitrogen and oxygen atoms in total. The molecule has 0 fully saturated rings. The highest BCUT2D eigenvalue weighted by molar-refractivity contribution is 7.98. The fourth-order valence-corrected chi connectivity index (χ4v) is 2.59. The van der Waals surface area contributed by atoms with Crippen LogP contribution in [0.5, 0.6) is 0 Å². The van der Waals surface area contributed by atoms with Crippen LogP contribution in [-0.2, 0) is 27.6 Å². The molecule has 0 amide bonds. The fraction of sp³-hybridized carbons (Fsp3) is 0.556. The van der Waals surface area contributed by atoms with E-state index in [0.29, 0.717) is 6.61 Å². The average molecular weight is 228 g/mol. The Morgan fingerprint density at radius 2 is 2.40 bits per heavy atom. The molecule has 0 radical (unpaired) electrons. The summed E-state index contributed by atoms with van der Waals surface area (Å²) in [6, 6.07) is 0. The molecule has 1 aliphatic rings. The Labute approximate surface area is 90.8 Å². The molecule has 0 bridgehead atoms. The van der Waals surface area contributed by atoms with Gasteiger partial charge in [-0.05, 0) is 6.92 Å². The standard InChI is InChI=1S/C9H12N2O3S/c1-2-14-8(12)3-11-9(13)6-4-15-5-7(6)10-11/h10H,2-5H2,1H3. The van der Waals surface area contributed by atoms with Gasteiger partial charge in [-0.1, -0.05) is 0 Å². The van der Waals surface area contributed by atoms with Crippen molar-refractivity contribution in [2.24, 2.45) is 0 Å². The zero-order valence-electron chi connectivity index (χ0n) is 8.41. The van der Waals surface area contributed by atoms with E-state index in [4.69, 9.17) is 4.74 Å². The minimum atomic E-state index is -0.382. The van der Waals surface area contributed by atoms with E-state index in [1.807, 2.05) is 0 Å². The smallest absolute Gasteiger partial charge is 0.327 e. The first-order chi connectivity index (χ1) is 7.22. The Morgan fingerprint density at radius 1 is 1.60 bits per heavy atom. The minimum absolute atomic E-state index is 0.0235. The third kappa shape index (κ3) is 1.94. The van der Waals surface area contributed by atoms with Gasteiger partial charge in [0, 0.05) is 11.5 Å². The molecule has 0 saturated carbocycles. The summed E-state index contributed by atoms with van der Waals surface area (Å²) in [4.78, 5) is 22.9. The lowest BCUT2D eigenvalue weighted by Gasteiger charge is -2.02. The second kappa shape index (κ2) is 4.14. The molecule has 1 aliphatic heterocycles. The first kappa shape index (κ1) is 10.4. The summed E-state index contributed by atoms with van der Waals surface area (Å²) in [7, 11) is 0. The van der Waals surface area contributed by atoms with Crippen molar-refractivity contribution in [1.82, 2.24) is 9.78 Å². The van der Waals surface area contributed by atoms with E-state index in [-0.39, 0.29) is 18.1 Å². The summed E-state index contributed by atoms with van der Waals surface area (Å²) in [5.74, 6) is 1.17. The van der Waals surface area contributed by atoms with E-state index in [1.54, 1.807) is 18.7 Å². The first-order valence-corrected chi connectivity index (χ1v) is 5.91. The van der Waals surface area contributed by atoms with Crippen LogP contribution in [0.1, 0.15) is 18.2 Å². The van der Waals surface area contributed by atoms with E-state index in [0.717, 1.165) is 22.8 Å². The van der Waals surface area contributed by atoms with Crippen molar-refractivity contribution in [2.45, 2.75) is 25.0 Å². The molecule has 0 aromatic carbocycles. The summed E-state index contributed by atoms with van der Waals surface area (Å²) >= 11 is 1.70. The number of aromatic nitrogens is 2. The van der Waals surface area contributed by atoms with Crippen molar-refractivity contribution in [3.05, 3.63) is 21.6 Å². The molecule has 1 aromatic heterocycles. The molecule has 1 N–H and O–H groups in total. The van der Waals surface area contributed by atoms with Gasteiger partial charge in [0.05, 0.1) is 17.9 Å². The Bertz CT molecular complexity index is 435. The van der Waals surface area contributed by atoms with E-state index in [9.17, 15) is 9.59 Å². The lowest BCUT2D eigenvalue weighted by molar-refractivity contribution is -0.144. The van der Waals surface area contributed by atoms with Crippen molar-refractivity contribution in [3.63, 3.8) is 0 Å². The van der Waals surface area contributed by atoms with Crippen molar-refractivity contribution in [1.29, 1.82) is 0 Å². The summed E-state index contributed by atoms with van der Waals surface area (Å²) in [5, 5.41) is 2.93. The highest BCUT2D eigenvalue weighted by atomic mass is 32.2. The summed E-state index contributed by atoms with van der Waals surface area (Å²) in [5.41, 5.74) is 1.64. The predicted molar refractivity (Wildman–Crippen MR) is 56.7 cm³/mol. The average Bonchev–Trinajstić information content (AvgIpc) is 2.72. The SMILES string of the molecule is CCOC(=O)Cn1[nH]c2c(c1=O)CSC2. The van der Waals surface area contributed by atoms with Crippen LogP contribution in [0.15, 0.2) is 4.79 Å². The number of carbonyl (C=O) groups is 1. The van der Waals surface area contributed by atoms with Gasteiger partial charge in [0.2, 0.25) is 0 Å². The van der Waals surface area contributed by atoms with Crippen LogP contribution in [0.25, 0.3) is 0 Å². The van der Waals surface area contributed by atoms with Gasteiger partial charge in [0.15, 0.2) is 0 Å². The second-order valence-corrected chi connectivity index (χ2v) is 4.24. The molecule has 0 saturated heterocycles. The Kier molecular flexibility index (Phi) is 2.86. The molecule has 1 aromatic rings. The number of nitrogens with one attached hydrogen (secondary N) is 1. The highest BCUT2D eigenvalue weighted by Gasteiger charge is 2.20. The largest absolute Gasteiger partial charge is 0.465 e. The third-order valence-electron chi connectivity index (χ3n) is 2.22. The summed E-state index contributed by atoms with van der Waals surface area (Å²) < 4.78 is 6.10. The molecule has 0 atom stereocenters. The van der Waals surface area contributed by atoms with E-state index < -0.39 is 0 Å². The topological polar surface area (TPSA) is 64.1 Å². The number of nitrogens with zero attached hydrogens (tertiary/aromatic N) is 1. The molecule has 2 heterocycles. The summed E-state index contributed by atoms with van der Waals surface area (Å²) in [6.45, 7) is 2.06. The fourth-order valence-electron chi connectivity index (χ4n) is 1.54. The number of ether oxygens (including phenoxy) is 1. The lowest BCUT2D eigenvalue weighted by atomic mass is 10.3. The predicted octanol–water partition coefficient (Wildman–Crippen LogP) is 0.486. The van der Waals surface area contributed by atoms with Gasteiger partial charge in [-0.25, -0.2) is 4.68 Å². The quantitative estimate of drug-likeness (QED) is 0.764. The van der Waals surface area contributed by atoms with Crippen LogP contribution >= 0.6 is 11.8 Å². The highest BCUT2D eigenvalue weighted by Crippen LogP contribution is 2.25. The lowest BCUT2D eigenvalue weighted by Crippen LogP contribution is -2.24. The number of hydrogen-bond acceptors (Lipinski definition) is 4. The van der Waals surface area contributed by atoms with Gasteiger partial charge in [-0.2, -0.15) is 11.8 Å². The zero-order valence-corrected chi connectivity index (χ0v) is 9.23. The molecule has 82 valence electrons. The van der Waals surface area contributed by atoms with Gasteiger partial charge in [-0.3, -0.25) is 14.7 Å². The van der Waals surface area contributed by atoms with Crippen LogP contribution in [0, 0.1) is 0 Å². The maximum atomic E-state index is 11.7. The third-order valence-corrected chi connectivity index (χ3v) is 3.21. The van der Waals surface area contributed by atoms with Crippen LogP contribution in [-0.4, -0.2) is 22.4 Å². The van der Waals surface area contributed by atoms with Crippen LogP contribution < -0.4 is 5.56 Å². The van der Waals surface area contributed by atoms with Crippen molar-refractivity contribution >= 4 is 17.7 Å². The minimum Gasteiger partial charge on any atom is -0.465 e. The number of rotatable bonds is 3. The monoisotopic (exact) mass is 228 g/mol. The Balaban J connectivity index is 2.17. The molecular formula is C9H12N2O3S. The number of carbonyl (C=O) groups excluding carboxylic acids is 1. The van der Waals surface area contributed by atoms with Crippen molar-refractivity contribution < 1.29 is 9.53 Å². The van der Waals surface area contributed by atoms with E-state index in [1.165, 1.54) is 4.68 Å². The van der Waals surface area contributed by atoms with Gasteiger partial charge >= 0.3 is 5.97 Å². The van der Waals surface area contributed by atoms with Gasteiger partial charge < -0.3 is 4.74 Å². The van der Waals surface area contributed by atoms with Gasteiger partial charge in [-0.15, -0.1) is 0 Å². The van der Waals surface area contributed by atoms with E-state index >= 15 is 0 Å². The maximum Gasteiger partial charge on any atom is 0.327 e. The zero-order chi connectivity index (χ0) is 10.8. The van der Waals surface area contributed by atoms with Crippen LogP contribution in [0.2, 0.25) is 0 Å². The van der Waals surface area contributed by atoms with Crippen LogP contribution in [0.4, 0.5) is 0 Å². The van der Waals surface area contributed by atoms with Gasteiger partial charge in [0.1, 0.15) is 6.54 Å². The number of hydrogen-bond donors (Lipinski definition) is 1. The number of fused-ring (bicyclic) bond motifs is 1. The molecular weight excluding hydrogens is 216 g/mol. The number of aromatic amines is 1. The van der Waals surface area contributed by atoms with Gasteiger partial charge in [0.25, 0.3) is 5.56 Å². The Morgan fingerprint density at radius 3 is 3.07 bits per heavy atom. The molecule has 2 rings (SSSR count). The number of H-pyrrole nitrogens is 1. The molecule has 6 heteroatoms. The van der Waals surface area contributed by atoms with Crippen molar-refractivity contribution in [2.75, 3.05) is 6.61 Å². The van der Waals surface area contributed by atoms with E-state index in [2.05, 4.69) is 5.10 Å². The molecule has 0 spiro atoms. The molecule has 0 aliphatic carbocycles. The number of esters is 1. The normalized spacial score (nSPS) is 13.9. The Hall–Kier alpha value is -1.17. The molecule has 0 unspecified atom stereocenters. The summed E-state index contributed by atoms with van der Waals surface area (Å²) in [6.07, 6.45) is 0. The molecule has 15 heavy (non-hydrogen) atoms.